The average molecular weight is 502 g/mol. The summed E-state index contributed by atoms with van der Waals surface area (Å²) >= 11 is 0. The number of hydrogen-bond acceptors (Lipinski definition) is 3. The van der Waals surface area contributed by atoms with Crippen molar-refractivity contribution < 1.29 is 9.53 Å². The summed E-state index contributed by atoms with van der Waals surface area (Å²) in [7, 11) is 0. The maximum absolute atomic E-state index is 10.8. The molecule has 0 aromatic heterocycles. The van der Waals surface area contributed by atoms with Gasteiger partial charge in [-0.15, -0.1) is 24.0 Å². The third-order valence-electron chi connectivity index (χ3n) is 5.10. The van der Waals surface area contributed by atoms with E-state index in [0.29, 0.717) is 18.3 Å². The van der Waals surface area contributed by atoms with Gasteiger partial charge in [-0.3, -0.25) is 4.79 Å². The summed E-state index contributed by atoms with van der Waals surface area (Å²) < 4.78 is 5.36. The van der Waals surface area contributed by atoms with Crippen LogP contribution in [0.1, 0.15) is 52.0 Å². The van der Waals surface area contributed by atoms with Crippen molar-refractivity contribution in [3.05, 3.63) is 29.8 Å². The molecule has 0 aliphatic heterocycles. The number of benzene rings is 1. The van der Waals surface area contributed by atoms with Gasteiger partial charge < -0.3 is 21.1 Å². The lowest BCUT2D eigenvalue weighted by atomic mass is 9.80. The lowest BCUT2D eigenvalue weighted by Gasteiger charge is -2.32. The van der Waals surface area contributed by atoms with E-state index in [1.54, 1.807) is 0 Å². The highest BCUT2D eigenvalue weighted by Gasteiger charge is 2.23. The molecule has 1 aromatic rings. The number of carbonyl (C=O) groups is 1. The average Bonchev–Trinajstić information content (AvgIpc) is 2.65. The molecule has 28 heavy (non-hydrogen) atoms. The van der Waals surface area contributed by atoms with Crippen LogP contribution in [0.3, 0.4) is 0 Å². The smallest absolute Gasteiger partial charge is 0.255 e. The lowest BCUT2D eigenvalue weighted by molar-refractivity contribution is -0.119. The summed E-state index contributed by atoms with van der Waals surface area (Å²) in [6.07, 6.45) is 4.97. The second-order valence-electron chi connectivity index (χ2n) is 7.60. The van der Waals surface area contributed by atoms with Crippen LogP contribution in [0.5, 0.6) is 5.75 Å². The Kier molecular flexibility index (Phi) is 11.3. The predicted octanol–water partition coefficient (Wildman–Crippen LogP) is 3.44. The van der Waals surface area contributed by atoms with Crippen molar-refractivity contribution >= 4 is 35.8 Å². The van der Waals surface area contributed by atoms with E-state index in [0.717, 1.165) is 29.9 Å². The van der Waals surface area contributed by atoms with E-state index in [-0.39, 0.29) is 30.6 Å². The summed E-state index contributed by atoms with van der Waals surface area (Å²) in [4.78, 5) is 15.6. The molecule has 4 N–H and O–H groups in total. The normalized spacial score (nSPS) is 19.6. The van der Waals surface area contributed by atoms with Crippen molar-refractivity contribution in [2.24, 2.45) is 22.6 Å². The molecule has 1 amide bonds. The summed E-state index contributed by atoms with van der Waals surface area (Å²) in [6.45, 7) is 7.98. The number of carbonyl (C=O) groups excluding carboxylic acids is 1. The Morgan fingerprint density at radius 1 is 1.29 bits per heavy atom. The van der Waals surface area contributed by atoms with E-state index in [1.165, 1.54) is 25.7 Å². The Morgan fingerprint density at radius 3 is 2.61 bits per heavy atom. The van der Waals surface area contributed by atoms with E-state index < -0.39 is 5.91 Å². The second kappa shape index (κ2) is 12.9. The minimum atomic E-state index is -0.482. The van der Waals surface area contributed by atoms with E-state index in [2.05, 4.69) is 31.4 Å². The molecule has 0 saturated heterocycles. The number of ether oxygens (including phenoxy) is 1. The van der Waals surface area contributed by atoms with Crippen LogP contribution in [0, 0.1) is 11.8 Å². The zero-order valence-corrected chi connectivity index (χ0v) is 19.6. The number of hydrogen-bond donors (Lipinski definition) is 3. The molecule has 1 fully saturated rings. The van der Waals surface area contributed by atoms with Crippen LogP contribution in [-0.4, -0.2) is 31.1 Å². The number of nitrogens with zero attached hydrogens (tertiary/aromatic N) is 1. The molecule has 1 aliphatic rings. The number of rotatable bonds is 8. The van der Waals surface area contributed by atoms with Gasteiger partial charge in [0.2, 0.25) is 0 Å². The number of amides is 1. The van der Waals surface area contributed by atoms with Gasteiger partial charge in [0, 0.05) is 12.6 Å². The Morgan fingerprint density at radius 2 is 2.00 bits per heavy atom. The fraction of sp³-hybridized carbons (Fsp3) is 0.619. The van der Waals surface area contributed by atoms with Crippen LogP contribution in [0.15, 0.2) is 29.3 Å². The third-order valence-corrected chi connectivity index (χ3v) is 5.10. The minimum absolute atomic E-state index is 0. The first-order valence-electron chi connectivity index (χ1n) is 10.0. The van der Waals surface area contributed by atoms with Crippen LogP contribution in [-0.2, 0) is 11.3 Å². The molecule has 7 heteroatoms. The van der Waals surface area contributed by atoms with Gasteiger partial charge in [0.1, 0.15) is 5.75 Å². The molecule has 6 nitrogen and oxygen atoms in total. The third kappa shape index (κ3) is 8.67. The molecule has 0 atom stereocenters. The fourth-order valence-electron chi connectivity index (χ4n) is 3.50. The number of nitrogens with one attached hydrogen (secondary N) is 2. The van der Waals surface area contributed by atoms with Crippen LogP contribution in [0.2, 0.25) is 0 Å². The highest BCUT2D eigenvalue weighted by molar-refractivity contribution is 14.0. The maximum atomic E-state index is 10.8. The molecule has 2 rings (SSSR count). The van der Waals surface area contributed by atoms with Gasteiger partial charge in [-0.1, -0.05) is 26.0 Å². The van der Waals surface area contributed by atoms with E-state index in [9.17, 15) is 4.79 Å². The zero-order valence-electron chi connectivity index (χ0n) is 17.2. The number of guanidine groups is 1. The fourth-order valence-corrected chi connectivity index (χ4v) is 3.50. The summed E-state index contributed by atoms with van der Waals surface area (Å²) in [5.41, 5.74) is 6.15. The highest BCUT2D eigenvalue weighted by Crippen LogP contribution is 2.29. The Bertz CT molecular complexity index is 629. The lowest BCUT2D eigenvalue weighted by Crippen LogP contribution is -2.45. The van der Waals surface area contributed by atoms with Gasteiger partial charge in [0.15, 0.2) is 12.6 Å². The first-order chi connectivity index (χ1) is 13.0. The highest BCUT2D eigenvalue weighted by atomic mass is 127. The van der Waals surface area contributed by atoms with Gasteiger partial charge in [0.25, 0.3) is 5.91 Å². The van der Waals surface area contributed by atoms with Gasteiger partial charge in [-0.25, -0.2) is 4.99 Å². The van der Waals surface area contributed by atoms with Gasteiger partial charge in [0.05, 0.1) is 6.54 Å². The zero-order chi connectivity index (χ0) is 19.6. The van der Waals surface area contributed by atoms with Crippen molar-refractivity contribution in [2.45, 2.75) is 59.0 Å². The monoisotopic (exact) mass is 502 g/mol. The van der Waals surface area contributed by atoms with Crippen LogP contribution in [0.25, 0.3) is 0 Å². The number of aliphatic imine (C=N–C) groups is 1. The molecular formula is C21H35IN4O2. The van der Waals surface area contributed by atoms with E-state index in [1.807, 2.05) is 24.3 Å². The van der Waals surface area contributed by atoms with Crippen LogP contribution < -0.4 is 21.1 Å². The molecule has 0 bridgehead atoms. The summed E-state index contributed by atoms with van der Waals surface area (Å²) in [5, 5.41) is 6.92. The van der Waals surface area contributed by atoms with Crippen molar-refractivity contribution in [3.63, 3.8) is 0 Å². The molecule has 0 heterocycles. The van der Waals surface area contributed by atoms with Gasteiger partial charge >= 0.3 is 0 Å². The Labute approximate surface area is 186 Å². The van der Waals surface area contributed by atoms with Gasteiger partial charge in [-0.05, 0) is 62.1 Å². The van der Waals surface area contributed by atoms with Gasteiger partial charge in [-0.2, -0.15) is 0 Å². The minimum Gasteiger partial charge on any atom is -0.484 e. The number of halogens is 1. The van der Waals surface area contributed by atoms with E-state index >= 15 is 0 Å². The largest absolute Gasteiger partial charge is 0.484 e. The maximum Gasteiger partial charge on any atom is 0.255 e. The van der Waals surface area contributed by atoms with E-state index in [4.69, 9.17) is 15.5 Å². The van der Waals surface area contributed by atoms with Crippen LogP contribution in [0.4, 0.5) is 0 Å². The SMILES string of the molecule is CCNC(=NCc1cccc(OCC(N)=O)c1)NC1CCC(C(C)C)CC1.I. The molecule has 0 unspecified atom stereocenters. The first kappa shape index (κ1) is 24.5. The summed E-state index contributed by atoms with van der Waals surface area (Å²) in [6, 6.07) is 8.09. The molecule has 1 saturated carbocycles. The molecule has 0 spiro atoms. The van der Waals surface area contributed by atoms with Crippen molar-refractivity contribution in [1.29, 1.82) is 0 Å². The first-order valence-corrected chi connectivity index (χ1v) is 10.0. The summed E-state index contributed by atoms with van der Waals surface area (Å²) in [5.74, 6) is 2.63. The van der Waals surface area contributed by atoms with Crippen LogP contribution >= 0.6 is 24.0 Å². The second-order valence-corrected chi connectivity index (χ2v) is 7.60. The number of nitrogens with two attached hydrogens (primary N) is 1. The predicted molar refractivity (Wildman–Crippen MR) is 125 cm³/mol. The number of primary amides is 1. The van der Waals surface area contributed by atoms with Crippen molar-refractivity contribution in [2.75, 3.05) is 13.2 Å². The van der Waals surface area contributed by atoms with Crippen molar-refractivity contribution in [3.8, 4) is 5.75 Å². The molecule has 158 valence electrons. The topological polar surface area (TPSA) is 88.7 Å². The molecule has 1 aliphatic carbocycles. The Balaban J connectivity index is 0.00000392. The Hall–Kier alpha value is -1.51. The molecular weight excluding hydrogens is 467 g/mol. The van der Waals surface area contributed by atoms with Crippen molar-refractivity contribution in [1.82, 2.24) is 10.6 Å². The molecule has 1 aromatic carbocycles. The quantitative estimate of drug-likeness (QED) is 0.289. The standard InChI is InChI=1S/C21H34N4O2.HI/c1-4-23-21(25-18-10-8-17(9-11-18)15(2)3)24-13-16-6-5-7-19(12-16)27-14-20(22)26;/h5-7,12,15,17-18H,4,8-11,13-14H2,1-3H3,(H2,22,26)(H2,23,24,25);1H. The molecule has 0 radical (unpaired) electrons.